The standard InChI is InChI=1S/C13H23NO4S/c1-17-8-11(15)4-5-14-7-12(16)9-18-10-13-3-2-6-19-13/h2-3,6,11-12,14-16H,4-5,7-10H2,1H3. The van der Waals surface area contributed by atoms with Crippen molar-refractivity contribution in [2.45, 2.75) is 25.2 Å². The molecule has 0 saturated heterocycles. The largest absolute Gasteiger partial charge is 0.391 e. The van der Waals surface area contributed by atoms with Gasteiger partial charge in [-0.3, -0.25) is 0 Å². The highest BCUT2D eigenvalue weighted by atomic mass is 32.1. The summed E-state index contributed by atoms with van der Waals surface area (Å²) < 4.78 is 10.2. The van der Waals surface area contributed by atoms with Gasteiger partial charge in [-0.25, -0.2) is 0 Å². The molecule has 0 aromatic carbocycles. The minimum Gasteiger partial charge on any atom is -0.391 e. The molecule has 110 valence electrons. The zero-order valence-corrected chi connectivity index (χ0v) is 12.1. The van der Waals surface area contributed by atoms with E-state index in [-0.39, 0.29) is 0 Å². The Morgan fingerprint density at radius 1 is 1.32 bits per heavy atom. The van der Waals surface area contributed by atoms with Crippen LogP contribution in [0.1, 0.15) is 11.3 Å². The minimum absolute atomic E-state index is 0.311. The lowest BCUT2D eigenvalue weighted by molar-refractivity contribution is 0.0282. The summed E-state index contributed by atoms with van der Waals surface area (Å²) in [5, 5.41) is 24.2. The summed E-state index contributed by atoms with van der Waals surface area (Å²) in [7, 11) is 1.56. The Morgan fingerprint density at radius 3 is 2.84 bits per heavy atom. The predicted molar refractivity (Wildman–Crippen MR) is 75.4 cm³/mol. The number of hydrogen-bond acceptors (Lipinski definition) is 6. The first-order valence-electron chi connectivity index (χ1n) is 6.38. The first kappa shape index (κ1) is 16.6. The molecule has 0 saturated carbocycles. The number of thiophene rings is 1. The molecule has 0 spiro atoms. The van der Waals surface area contributed by atoms with Crippen molar-refractivity contribution in [1.82, 2.24) is 5.32 Å². The molecule has 0 aliphatic heterocycles. The lowest BCUT2D eigenvalue weighted by Gasteiger charge is -2.13. The van der Waals surface area contributed by atoms with Crippen molar-refractivity contribution in [3.05, 3.63) is 22.4 Å². The van der Waals surface area contributed by atoms with Gasteiger partial charge in [-0.15, -0.1) is 11.3 Å². The van der Waals surface area contributed by atoms with E-state index < -0.39 is 12.2 Å². The van der Waals surface area contributed by atoms with Gasteiger partial charge < -0.3 is 25.0 Å². The summed E-state index contributed by atoms with van der Waals surface area (Å²) in [5.74, 6) is 0. The zero-order chi connectivity index (χ0) is 13.9. The number of methoxy groups -OCH3 is 1. The summed E-state index contributed by atoms with van der Waals surface area (Å²) in [6, 6.07) is 3.99. The summed E-state index contributed by atoms with van der Waals surface area (Å²) in [4.78, 5) is 1.16. The first-order chi connectivity index (χ1) is 9.22. The van der Waals surface area contributed by atoms with Crippen LogP contribution in [0.4, 0.5) is 0 Å². The molecule has 0 radical (unpaired) electrons. The molecule has 0 fully saturated rings. The van der Waals surface area contributed by atoms with Crippen LogP contribution in [0.2, 0.25) is 0 Å². The average molecular weight is 289 g/mol. The van der Waals surface area contributed by atoms with Gasteiger partial charge in [-0.1, -0.05) is 6.07 Å². The second-order valence-electron chi connectivity index (χ2n) is 4.35. The fourth-order valence-electron chi connectivity index (χ4n) is 1.56. The van der Waals surface area contributed by atoms with Gasteiger partial charge in [0.05, 0.1) is 32.0 Å². The molecule has 1 heterocycles. The zero-order valence-electron chi connectivity index (χ0n) is 11.2. The Morgan fingerprint density at radius 2 is 2.16 bits per heavy atom. The van der Waals surface area contributed by atoms with E-state index in [1.54, 1.807) is 18.4 Å². The maximum absolute atomic E-state index is 9.68. The highest BCUT2D eigenvalue weighted by Crippen LogP contribution is 2.09. The van der Waals surface area contributed by atoms with Crippen molar-refractivity contribution in [3.63, 3.8) is 0 Å². The molecule has 0 amide bonds. The number of hydrogen-bond donors (Lipinski definition) is 3. The third kappa shape index (κ3) is 8.30. The van der Waals surface area contributed by atoms with Crippen LogP contribution in [0.5, 0.6) is 0 Å². The van der Waals surface area contributed by atoms with Crippen LogP contribution < -0.4 is 5.32 Å². The maximum atomic E-state index is 9.68. The maximum Gasteiger partial charge on any atom is 0.0897 e. The van der Waals surface area contributed by atoms with Gasteiger partial charge in [0, 0.05) is 18.5 Å². The van der Waals surface area contributed by atoms with Crippen molar-refractivity contribution in [2.24, 2.45) is 0 Å². The second-order valence-corrected chi connectivity index (χ2v) is 5.38. The lowest BCUT2D eigenvalue weighted by Crippen LogP contribution is -2.32. The van der Waals surface area contributed by atoms with E-state index >= 15 is 0 Å². The number of aliphatic hydroxyl groups excluding tert-OH is 2. The highest BCUT2D eigenvalue weighted by molar-refractivity contribution is 7.09. The van der Waals surface area contributed by atoms with Crippen LogP contribution in [-0.2, 0) is 16.1 Å². The van der Waals surface area contributed by atoms with Gasteiger partial charge in [0.25, 0.3) is 0 Å². The van der Waals surface area contributed by atoms with E-state index in [4.69, 9.17) is 9.47 Å². The Kier molecular flexibility index (Phi) is 8.98. The number of ether oxygens (including phenoxy) is 2. The van der Waals surface area contributed by atoms with E-state index in [0.29, 0.717) is 39.3 Å². The third-order valence-corrected chi connectivity index (χ3v) is 3.38. The van der Waals surface area contributed by atoms with Crippen molar-refractivity contribution >= 4 is 11.3 Å². The molecular weight excluding hydrogens is 266 g/mol. The van der Waals surface area contributed by atoms with Crippen molar-refractivity contribution < 1.29 is 19.7 Å². The molecule has 2 unspecified atom stereocenters. The normalized spacial score (nSPS) is 14.5. The van der Waals surface area contributed by atoms with E-state index in [1.165, 1.54) is 0 Å². The van der Waals surface area contributed by atoms with Crippen molar-refractivity contribution in [1.29, 1.82) is 0 Å². The summed E-state index contributed by atoms with van der Waals surface area (Å²) in [6.45, 7) is 2.30. The van der Waals surface area contributed by atoms with Gasteiger partial charge in [0.1, 0.15) is 0 Å². The monoisotopic (exact) mass is 289 g/mol. The molecule has 5 nitrogen and oxygen atoms in total. The van der Waals surface area contributed by atoms with Gasteiger partial charge >= 0.3 is 0 Å². The minimum atomic E-state index is -0.528. The molecule has 3 N–H and O–H groups in total. The Balaban J connectivity index is 1.94. The molecule has 1 aromatic rings. The quantitative estimate of drug-likeness (QED) is 0.521. The highest BCUT2D eigenvalue weighted by Gasteiger charge is 2.06. The van der Waals surface area contributed by atoms with Gasteiger partial charge in [0.15, 0.2) is 0 Å². The van der Waals surface area contributed by atoms with Crippen LogP contribution in [-0.4, -0.2) is 55.8 Å². The number of rotatable bonds is 11. The average Bonchev–Trinajstić information content (AvgIpc) is 2.88. The molecular formula is C13H23NO4S. The summed E-state index contributed by atoms with van der Waals surface area (Å²) in [6.07, 6.45) is -0.374. The van der Waals surface area contributed by atoms with Crippen LogP contribution in [0.15, 0.2) is 17.5 Å². The fraction of sp³-hybridized carbons (Fsp3) is 0.692. The van der Waals surface area contributed by atoms with Crippen LogP contribution >= 0.6 is 11.3 Å². The molecule has 2 atom stereocenters. The Bertz CT molecular complexity index is 308. The Hall–Kier alpha value is -0.500. The van der Waals surface area contributed by atoms with E-state index in [9.17, 15) is 10.2 Å². The molecule has 0 aliphatic carbocycles. The van der Waals surface area contributed by atoms with E-state index in [2.05, 4.69) is 5.32 Å². The third-order valence-electron chi connectivity index (χ3n) is 2.53. The molecule has 1 aromatic heterocycles. The number of aliphatic hydroxyl groups is 2. The van der Waals surface area contributed by atoms with Gasteiger partial charge in [0.2, 0.25) is 0 Å². The summed E-state index contributed by atoms with van der Waals surface area (Å²) in [5.41, 5.74) is 0. The lowest BCUT2D eigenvalue weighted by atomic mass is 10.2. The van der Waals surface area contributed by atoms with Gasteiger partial charge in [-0.05, 0) is 24.4 Å². The van der Waals surface area contributed by atoms with E-state index in [0.717, 1.165) is 4.88 Å². The first-order valence-corrected chi connectivity index (χ1v) is 7.26. The van der Waals surface area contributed by atoms with E-state index in [1.807, 2.05) is 17.5 Å². The molecule has 0 bridgehead atoms. The smallest absolute Gasteiger partial charge is 0.0897 e. The van der Waals surface area contributed by atoms with Crippen molar-refractivity contribution in [2.75, 3.05) is 33.4 Å². The molecule has 6 heteroatoms. The van der Waals surface area contributed by atoms with Crippen LogP contribution in [0.3, 0.4) is 0 Å². The fourth-order valence-corrected chi connectivity index (χ4v) is 2.20. The predicted octanol–water partition coefficient (Wildman–Crippen LogP) is 0.613. The van der Waals surface area contributed by atoms with Crippen molar-refractivity contribution in [3.8, 4) is 0 Å². The molecule has 0 aliphatic rings. The summed E-state index contributed by atoms with van der Waals surface area (Å²) >= 11 is 1.64. The van der Waals surface area contributed by atoms with Gasteiger partial charge in [-0.2, -0.15) is 0 Å². The molecule has 19 heavy (non-hydrogen) atoms. The van der Waals surface area contributed by atoms with Crippen LogP contribution in [0.25, 0.3) is 0 Å². The number of nitrogens with one attached hydrogen (secondary N) is 1. The topological polar surface area (TPSA) is 71.0 Å². The Labute approximate surface area is 118 Å². The second kappa shape index (κ2) is 10.3. The SMILES string of the molecule is COCC(O)CCNCC(O)COCc1cccs1. The van der Waals surface area contributed by atoms with Crippen LogP contribution in [0, 0.1) is 0 Å². The molecule has 1 rings (SSSR count).